The smallest absolute Gasteiger partial charge is 0.338 e. The number of carbonyl (C=O) groups is 1. The van der Waals surface area contributed by atoms with Gasteiger partial charge in [0.05, 0.1) is 0 Å². The van der Waals surface area contributed by atoms with Crippen molar-refractivity contribution in [1.82, 2.24) is 10.2 Å². The van der Waals surface area contributed by atoms with Gasteiger partial charge in [0.25, 0.3) is 0 Å². The zero-order valence-electron chi connectivity index (χ0n) is 9.31. The Morgan fingerprint density at radius 2 is 2.06 bits per heavy atom. The summed E-state index contributed by atoms with van der Waals surface area (Å²) < 4.78 is 36.3. The molecule has 2 amide bonds. The first-order valence-electron chi connectivity index (χ1n) is 5.20. The third-order valence-corrected chi connectivity index (χ3v) is 1.86. The van der Waals surface area contributed by atoms with Crippen molar-refractivity contribution in [2.75, 3.05) is 26.2 Å². The number of urea groups is 1. The van der Waals surface area contributed by atoms with E-state index < -0.39 is 18.8 Å². The van der Waals surface area contributed by atoms with Crippen LogP contribution in [0, 0.1) is 0 Å². The van der Waals surface area contributed by atoms with Crippen molar-refractivity contribution in [2.24, 2.45) is 5.73 Å². The minimum Gasteiger partial charge on any atom is -0.338 e. The van der Waals surface area contributed by atoms with E-state index in [0.29, 0.717) is 11.4 Å². The number of halogens is 3. The highest BCUT2D eigenvalue weighted by atomic mass is 19.4. The summed E-state index contributed by atoms with van der Waals surface area (Å²) in [5, 5.41) is 2.42. The zero-order chi connectivity index (χ0) is 12.6. The summed E-state index contributed by atoms with van der Waals surface area (Å²) in [6, 6.07) is -0.712. The second-order valence-electron chi connectivity index (χ2n) is 3.41. The maximum absolute atomic E-state index is 12.1. The van der Waals surface area contributed by atoms with Gasteiger partial charge < -0.3 is 16.0 Å². The van der Waals surface area contributed by atoms with Crippen LogP contribution in [0.15, 0.2) is 0 Å². The fourth-order valence-corrected chi connectivity index (χ4v) is 1.11. The minimum atomic E-state index is -4.39. The summed E-state index contributed by atoms with van der Waals surface area (Å²) in [7, 11) is 0. The van der Waals surface area contributed by atoms with Crippen molar-refractivity contribution in [3.63, 3.8) is 0 Å². The van der Waals surface area contributed by atoms with Crippen LogP contribution in [0.1, 0.15) is 19.8 Å². The molecule has 0 unspecified atom stereocenters. The van der Waals surface area contributed by atoms with E-state index in [-0.39, 0.29) is 13.1 Å². The molecule has 0 fully saturated rings. The standard InChI is InChI=1S/C9H18F3N3O/c1-2-3-5-14-8(16)15(6-4-13)7-9(10,11)12/h2-7,13H2,1H3,(H,14,16). The summed E-state index contributed by atoms with van der Waals surface area (Å²) in [6.45, 7) is 0.963. The molecule has 7 heteroatoms. The molecule has 0 saturated carbocycles. The predicted molar refractivity (Wildman–Crippen MR) is 55.0 cm³/mol. The Hall–Kier alpha value is -0.980. The molecule has 0 aliphatic heterocycles. The number of unbranched alkanes of at least 4 members (excludes halogenated alkanes) is 1. The van der Waals surface area contributed by atoms with Crippen LogP contribution in [0.5, 0.6) is 0 Å². The first kappa shape index (κ1) is 15.0. The van der Waals surface area contributed by atoms with Gasteiger partial charge in [-0.2, -0.15) is 13.2 Å². The van der Waals surface area contributed by atoms with Crippen LogP contribution in [-0.4, -0.2) is 43.3 Å². The van der Waals surface area contributed by atoms with E-state index in [0.717, 1.165) is 12.8 Å². The molecular formula is C9H18F3N3O. The number of alkyl halides is 3. The summed E-state index contributed by atoms with van der Waals surface area (Å²) in [5.41, 5.74) is 5.15. The van der Waals surface area contributed by atoms with Gasteiger partial charge in [0, 0.05) is 19.6 Å². The molecule has 0 spiro atoms. The van der Waals surface area contributed by atoms with Crippen LogP contribution >= 0.6 is 0 Å². The fourth-order valence-electron chi connectivity index (χ4n) is 1.11. The second-order valence-corrected chi connectivity index (χ2v) is 3.41. The van der Waals surface area contributed by atoms with Crippen LogP contribution in [0.25, 0.3) is 0 Å². The second kappa shape index (κ2) is 7.32. The first-order chi connectivity index (χ1) is 7.40. The molecule has 0 aliphatic rings. The molecule has 0 atom stereocenters. The molecule has 0 aromatic carbocycles. The number of hydrogen-bond donors (Lipinski definition) is 2. The quantitative estimate of drug-likeness (QED) is 0.689. The number of carbonyl (C=O) groups excluding carboxylic acids is 1. The first-order valence-corrected chi connectivity index (χ1v) is 5.20. The van der Waals surface area contributed by atoms with Crippen LogP contribution < -0.4 is 11.1 Å². The van der Waals surface area contributed by atoms with E-state index in [1.807, 2.05) is 6.92 Å². The van der Waals surface area contributed by atoms with Crippen LogP contribution in [-0.2, 0) is 0 Å². The Bertz CT molecular complexity index is 209. The number of hydrogen-bond acceptors (Lipinski definition) is 2. The number of amides is 2. The zero-order valence-corrected chi connectivity index (χ0v) is 9.31. The van der Waals surface area contributed by atoms with Gasteiger partial charge in [-0.25, -0.2) is 4.79 Å². The maximum Gasteiger partial charge on any atom is 0.406 e. The van der Waals surface area contributed by atoms with E-state index in [2.05, 4.69) is 5.32 Å². The average Bonchev–Trinajstić information content (AvgIpc) is 2.15. The molecule has 0 aromatic rings. The van der Waals surface area contributed by atoms with Gasteiger partial charge in [0.15, 0.2) is 0 Å². The lowest BCUT2D eigenvalue weighted by atomic mass is 10.3. The van der Waals surface area contributed by atoms with Gasteiger partial charge in [-0.05, 0) is 6.42 Å². The summed E-state index contributed by atoms with van der Waals surface area (Å²) in [5.74, 6) is 0. The highest BCUT2D eigenvalue weighted by molar-refractivity contribution is 5.74. The van der Waals surface area contributed by atoms with Crippen molar-refractivity contribution < 1.29 is 18.0 Å². The number of rotatable bonds is 6. The summed E-state index contributed by atoms with van der Waals surface area (Å²) in [6.07, 6.45) is -2.78. The van der Waals surface area contributed by atoms with Gasteiger partial charge in [0.2, 0.25) is 0 Å². The van der Waals surface area contributed by atoms with Crippen molar-refractivity contribution in [1.29, 1.82) is 0 Å². The van der Waals surface area contributed by atoms with Crippen molar-refractivity contribution in [3.05, 3.63) is 0 Å². The Morgan fingerprint density at radius 1 is 1.44 bits per heavy atom. The van der Waals surface area contributed by atoms with Crippen LogP contribution in [0.3, 0.4) is 0 Å². The van der Waals surface area contributed by atoms with Gasteiger partial charge in [0.1, 0.15) is 6.54 Å². The predicted octanol–water partition coefficient (Wildman–Crippen LogP) is 1.32. The topological polar surface area (TPSA) is 58.4 Å². The van der Waals surface area contributed by atoms with Gasteiger partial charge in [-0.3, -0.25) is 0 Å². The normalized spacial score (nSPS) is 11.3. The number of nitrogens with two attached hydrogens (primary N) is 1. The van der Waals surface area contributed by atoms with Gasteiger partial charge >= 0.3 is 12.2 Å². The molecule has 0 heterocycles. The average molecular weight is 241 g/mol. The van der Waals surface area contributed by atoms with Gasteiger partial charge in [-0.15, -0.1) is 0 Å². The highest BCUT2D eigenvalue weighted by Crippen LogP contribution is 2.16. The Kier molecular flexibility index (Phi) is 6.87. The van der Waals surface area contributed by atoms with E-state index in [4.69, 9.17) is 5.73 Å². The van der Waals surface area contributed by atoms with Crippen LogP contribution in [0.4, 0.5) is 18.0 Å². The van der Waals surface area contributed by atoms with E-state index in [1.165, 1.54) is 0 Å². The third-order valence-electron chi connectivity index (χ3n) is 1.86. The monoisotopic (exact) mass is 241 g/mol. The lowest BCUT2D eigenvalue weighted by Gasteiger charge is -2.23. The Labute approximate surface area is 93.0 Å². The minimum absolute atomic E-state index is 0.0112. The molecule has 16 heavy (non-hydrogen) atoms. The molecular weight excluding hydrogens is 223 g/mol. The lowest BCUT2D eigenvalue weighted by Crippen LogP contribution is -2.47. The number of nitrogens with zero attached hydrogens (tertiary/aromatic N) is 1. The Morgan fingerprint density at radius 3 is 2.50 bits per heavy atom. The summed E-state index contributed by atoms with van der Waals surface area (Å²) >= 11 is 0. The molecule has 0 radical (unpaired) electrons. The van der Waals surface area contributed by atoms with E-state index in [1.54, 1.807) is 0 Å². The fraction of sp³-hybridized carbons (Fsp3) is 0.889. The molecule has 0 rings (SSSR count). The molecule has 3 N–H and O–H groups in total. The molecule has 0 saturated heterocycles. The highest BCUT2D eigenvalue weighted by Gasteiger charge is 2.32. The molecule has 0 aliphatic carbocycles. The molecule has 0 aromatic heterocycles. The molecule has 4 nitrogen and oxygen atoms in total. The Balaban J connectivity index is 4.13. The number of nitrogens with one attached hydrogen (secondary N) is 1. The van der Waals surface area contributed by atoms with E-state index in [9.17, 15) is 18.0 Å². The summed E-state index contributed by atoms with van der Waals surface area (Å²) in [4.78, 5) is 12.0. The largest absolute Gasteiger partial charge is 0.406 e. The molecule has 96 valence electrons. The third kappa shape index (κ3) is 7.33. The maximum atomic E-state index is 12.1. The van der Waals surface area contributed by atoms with Crippen LogP contribution in [0.2, 0.25) is 0 Å². The van der Waals surface area contributed by atoms with Crippen molar-refractivity contribution in [3.8, 4) is 0 Å². The van der Waals surface area contributed by atoms with E-state index >= 15 is 0 Å². The van der Waals surface area contributed by atoms with Crippen molar-refractivity contribution >= 4 is 6.03 Å². The van der Waals surface area contributed by atoms with Crippen molar-refractivity contribution in [2.45, 2.75) is 25.9 Å². The molecule has 0 bridgehead atoms. The SMILES string of the molecule is CCCCNC(=O)N(CCN)CC(F)(F)F. The lowest BCUT2D eigenvalue weighted by molar-refractivity contribution is -0.139. The van der Waals surface area contributed by atoms with Gasteiger partial charge in [-0.1, -0.05) is 13.3 Å².